The Morgan fingerprint density at radius 2 is 2.15 bits per heavy atom. The van der Waals surface area contributed by atoms with Gasteiger partial charge in [0, 0.05) is 19.1 Å². The molecule has 0 radical (unpaired) electrons. The number of H-pyrrole nitrogens is 1. The van der Waals surface area contributed by atoms with E-state index in [1.807, 2.05) is 17.0 Å². The number of fused-ring (bicyclic) bond motifs is 1. The van der Waals surface area contributed by atoms with Crippen molar-refractivity contribution in [3.05, 3.63) is 64.2 Å². The minimum absolute atomic E-state index is 0.0260. The first-order valence-corrected chi connectivity index (χ1v) is 8.84. The lowest BCUT2D eigenvalue weighted by molar-refractivity contribution is 0.517. The van der Waals surface area contributed by atoms with E-state index < -0.39 is 5.82 Å². The van der Waals surface area contributed by atoms with Gasteiger partial charge in [-0.1, -0.05) is 12.1 Å². The molecule has 1 aromatic heterocycles. The summed E-state index contributed by atoms with van der Waals surface area (Å²) in [6, 6.07) is 13.7. The molecule has 2 heterocycles. The number of anilines is 2. The maximum Gasteiger partial charge on any atom is 0.260 e. The molecule has 136 valence electrons. The lowest BCUT2D eigenvalue weighted by atomic mass is 10.0. The summed E-state index contributed by atoms with van der Waals surface area (Å²) in [5, 5.41) is 12.7. The third kappa shape index (κ3) is 3.47. The smallest absolute Gasteiger partial charge is 0.260 e. The first-order chi connectivity index (χ1) is 13.1. The van der Waals surface area contributed by atoms with E-state index in [-0.39, 0.29) is 11.6 Å². The van der Waals surface area contributed by atoms with Crippen LogP contribution in [0.15, 0.2) is 47.3 Å². The van der Waals surface area contributed by atoms with Gasteiger partial charge in [0.05, 0.1) is 28.2 Å². The fourth-order valence-corrected chi connectivity index (χ4v) is 3.49. The number of aromatic amines is 1. The minimum atomic E-state index is -0.396. The number of piperidine rings is 1. The molecule has 27 heavy (non-hydrogen) atoms. The van der Waals surface area contributed by atoms with E-state index in [0.717, 1.165) is 19.4 Å². The zero-order chi connectivity index (χ0) is 18.8. The Morgan fingerprint density at radius 1 is 1.30 bits per heavy atom. The summed E-state index contributed by atoms with van der Waals surface area (Å²) in [5.41, 5.74) is 1.24. The molecule has 1 unspecified atom stereocenters. The van der Waals surface area contributed by atoms with Crippen LogP contribution in [0, 0.1) is 17.1 Å². The highest BCUT2D eigenvalue weighted by Gasteiger charge is 2.23. The summed E-state index contributed by atoms with van der Waals surface area (Å²) in [7, 11) is 0. The summed E-state index contributed by atoms with van der Waals surface area (Å²) < 4.78 is 14.3. The Hall–Kier alpha value is -3.40. The van der Waals surface area contributed by atoms with Gasteiger partial charge in [0.25, 0.3) is 5.56 Å². The minimum Gasteiger partial charge on any atom is -0.367 e. The molecular weight excluding hydrogens is 345 g/mol. The zero-order valence-corrected chi connectivity index (χ0v) is 14.6. The van der Waals surface area contributed by atoms with Crippen LogP contribution in [-0.2, 0) is 0 Å². The Labute approximate surface area is 155 Å². The Morgan fingerprint density at radius 3 is 2.96 bits per heavy atom. The standard InChI is InChI=1S/C20H18FN5O/c21-16-10-13(11-22)7-8-18(16)26-9-3-4-14(12-26)23-20-24-17-6-2-1-5-15(17)19(27)25-20/h1-2,5-8,10,14H,3-4,9,12H2,(H2,23,24,25,27). The fraction of sp³-hybridized carbons (Fsp3) is 0.250. The molecule has 0 bridgehead atoms. The van der Waals surface area contributed by atoms with Gasteiger partial charge in [-0.2, -0.15) is 5.26 Å². The van der Waals surface area contributed by atoms with Crippen LogP contribution in [0.3, 0.4) is 0 Å². The summed E-state index contributed by atoms with van der Waals surface area (Å²) in [6.07, 6.45) is 1.78. The molecular formula is C20H18FN5O. The maximum absolute atomic E-state index is 14.3. The number of hydrogen-bond donors (Lipinski definition) is 2. The van der Waals surface area contributed by atoms with Gasteiger partial charge in [0.15, 0.2) is 0 Å². The number of rotatable bonds is 3. The predicted octanol–water partition coefficient (Wildman–Crippen LogP) is 3.01. The Bertz CT molecular complexity index is 1090. The molecule has 1 atom stereocenters. The second kappa shape index (κ2) is 7.08. The van der Waals surface area contributed by atoms with Crippen LogP contribution in [0.25, 0.3) is 10.9 Å². The second-order valence-electron chi connectivity index (χ2n) is 6.64. The summed E-state index contributed by atoms with van der Waals surface area (Å²) in [5.74, 6) is 0.0257. The molecule has 2 N–H and O–H groups in total. The van der Waals surface area contributed by atoms with Crippen molar-refractivity contribution in [2.75, 3.05) is 23.3 Å². The Kier molecular flexibility index (Phi) is 4.47. The quantitative estimate of drug-likeness (QED) is 0.747. The average Bonchev–Trinajstić information content (AvgIpc) is 2.68. The number of hydrogen-bond acceptors (Lipinski definition) is 5. The molecule has 6 nitrogen and oxygen atoms in total. The molecule has 0 amide bonds. The van der Waals surface area contributed by atoms with Gasteiger partial charge in [-0.3, -0.25) is 9.78 Å². The van der Waals surface area contributed by atoms with E-state index in [9.17, 15) is 9.18 Å². The van der Waals surface area contributed by atoms with Crippen molar-refractivity contribution in [2.45, 2.75) is 18.9 Å². The molecule has 0 saturated carbocycles. The lowest BCUT2D eigenvalue weighted by Gasteiger charge is -2.35. The van der Waals surface area contributed by atoms with Crippen molar-refractivity contribution in [1.82, 2.24) is 9.97 Å². The molecule has 1 aliphatic rings. The van der Waals surface area contributed by atoms with Crippen molar-refractivity contribution in [3.63, 3.8) is 0 Å². The number of nitriles is 1. The highest BCUT2D eigenvalue weighted by molar-refractivity contribution is 5.78. The first kappa shape index (κ1) is 17.0. The van der Waals surface area contributed by atoms with Crippen LogP contribution in [-0.4, -0.2) is 29.1 Å². The van der Waals surface area contributed by atoms with Crippen LogP contribution in [0.1, 0.15) is 18.4 Å². The van der Waals surface area contributed by atoms with Crippen molar-refractivity contribution in [3.8, 4) is 6.07 Å². The summed E-state index contributed by atoms with van der Waals surface area (Å²) in [4.78, 5) is 21.4. The monoisotopic (exact) mass is 363 g/mol. The van der Waals surface area contributed by atoms with Crippen LogP contribution in [0.5, 0.6) is 0 Å². The van der Waals surface area contributed by atoms with Crippen LogP contribution >= 0.6 is 0 Å². The van der Waals surface area contributed by atoms with E-state index in [1.54, 1.807) is 30.3 Å². The van der Waals surface area contributed by atoms with Gasteiger partial charge in [-0.05, 0) is 43.2 Å². The van der Waals surface area contributed by atoms with E-state index in [0.29, 0.717) is 34.6 Å². The molecule has 2 aromatic carbocycles. The maximum atomic E-state index is 14.3. The Balaban J connectivity index is 1.54. The average molecular weight is 363 g/mol. The van der Waals surface area contributed by atoms with Crippen molar-refractivity contribution in [1.29, 1.82) is 5.26 Å². The van der Waals surface area contributed by atoms with E-state index in [1.165, 1.54) is 6.07 Å². The molecule has 1 saturated heterocycles. The van der Waals surface area contributed by atoms with E-state index >= 15 is 0 Å². The van der Waals surface area contributed by atoms with Crippen molar-refractivity contribution in [2.24, 2.45) is 0 Å². The third-order valence-electron chi connectivity index (χ3n) is 4.79. The number of nitrogens with zero attached hydrogens (tertiary/aromatic N) is 3. The second-order valence-corrected chi connectivity index (χ2v) is 6.64. The lowest BCUT2D eigenvalue weighted by Crippen LogP contribution is -2.43. The molecule has 0 aliphatic carbocycles. The van der Waals surface area contributed by atoms with E-state index in [4.69, 9.17) is 5.26 Å². The molecule has 7 heteroatoms. The number of para-hydroxylation sites is 1. The summed E-state index contributed by atoms with van der Waals surface area (Å²) >= 11 is 0. The molecule has 0 spiro atoms. The topological polar surface area (TPSA) is 84.8 Å². The number of benzene rings is 2. The highest BCUT2D eigenvalue weighted by Crippen LogP contribution is 2.25. The normalized spacial score (nSPS) is 16.9. The fourth-order valence-electron chi connectivity index (χ4n) is 3.49. The van der Waals surface area contributed by atoms with Gasteiger partial charge in [0.1, 0.15) is 5.82 Å². The molecule has 3 aromatic rings. The SMILES string of the molecule is N#Cc1ccc(N2CCCC(Nc3nc4ccccc4c(=O)[nH]3)C2)c(F)c1. The summed E-state index contributed by atoms with van der Waals surface area (Å²) in [6.45, 7) is 1.32. The van der Waals surface area contributed by atoms with Gasteiger partial charge in [-0.15, -0.1) is 0 Å². The number of nitrogens with one attached hydrogen (secondary N) is 2. The van der Waals surface area contributed by atoms with Crippen molar-refractivity contribution < 1.29 is 4.39 Å². The third-order valence-corrected chi connectivity index (χ3v) is 4.79. The zero-order valence-electron chi connectivity index (χ0n) is 14.6. The molecule has 1 fully saturated rings. The number of halogens is 1. The molecule has 4 rings (SSSR count). The van der Waals surface area contributed by atoms with Gasteiger partial charge in [0.2, 0.25) is 5.95 Å². The van der Waals surface area contributed by atoms with Crippen LogP contribution in [0.2, 0.25) is 0 Å². The predicted molar refractivity (Wildman–Crippen MR) is 102 cm³/mol. The first-order valence-electron chi connectivity index (χ1n) is 8.84. The van der Waals surface area contributed by atoms with Crippen LogP contribution in [0.4, 0.5) is 16.0 Å². The molecule has 1 aliphatic heterocycles. The number of aromatic nitrogens is 2. The highest BCUT2D eigenvalue weighted by atomic mass is 19.1. The van der Waals surface area contributed by atoms with Gasteiger partial charge in [-0.25, -0.2) is 9.37 Å². The van der Waals surface area contributed by atoms with E-state index in [2.05, 4.69) is 15.3 Å². The van der Waals surface area contributed by atoms with Gasteiger partial charge < -0.3 is 10.2 Å². The van der Waals surface area contributed by atoms with Crippen LogP contribution < -0.4 is 15.8 Å². The largest absolute Gasteiger partial charge is 0.367 e. The van der Waals surface area contributed by atoms with Crippen molar-refractivity contribution >= 4 is 22.5 Å². The van der Waals surface area contributed by atoms with Gasteiger partial charge >= 0.3 is 0 Å².